The van der Waals surface area contributed by atoms with Gasteiger partial charge >= 0.3 is 0 Å². The summed E-state index contributed by atoms with van der Waals surface area (Å²) >= 11 is 0. The summed E-state index contributed by atoms with van der Waals surface area (Å²) in [5, 5.41) is 10.8. The fourth-order valence-corrected chi connectivity index (χ4v) is 3.07. The van der Waals surface area contributed by atoms with Gasteiger partial charge in [-0.1, -0.05) is 25.1 Å². The number of aliphatic hydroxyl groups is 1. The Bertz CT molecular complexity index is 629. The molecule has 1 aromatic heterocycles. The first-order valence-electron chi connectivity index (χ1n) is 7.50. The Balaban J connectivity index is 1.98. The molecule has 1 aliphatic heterocycles. The second-order valence-corrected chi connectivity index (χ2v) is 5.81. The number of piperidine rings is 1. The molecule has 0 bridgehead atoms. The maximum atomic E-state index is 9.69. The molecule has 1 aromatic carbocycles. The summed E-state index contributed by atoms with van der Waals surface area (Å²) in [6.45, 7) is 4.03. The predicted molar refractivity (Wildman–Crippen MR) is 84.5 cm³/mol. The molecule has 0 aliphatic carbocycles. The highest BCUT2D eigenvalue weighted by Gasteiger charge is 2.28. The Morgan fingerprint density at radius 1 is 1.38 bits per heavy atom. The van der Waals surface area contributed by atoms with Crippen LogP contribution in [0.5, 0.6) is 0 Å². The van der Waals surface area contributed by atoms with E-state index >= 15 is 0 Å². The van der Waals surface area contributed by atoms with E-state index in [0.717, 1.165) is 41.8 Å². The second-order valence-electron chi connectivity index (χ2n) is 5.81. The number of rotatable bonds is 3. The Morgan fingerprint density at radius 2 is 2.19 bits per heavy atom. The number of para-hydroxylation sites is 1. The first kappa shape index (κ1) is 14.3. The highest BCUT2D eigenvalue weighted by atomic mass is 16.5. The number of hydrogen-bond acceptors (Lipinski definition) is 4. The number of nitrogens with zero attached hydrogens (tertiary/aromatic N) is 2. The minimum Gasteiger partial charge on any atom is -0.392 e. The molecule has 0 spiro atoms. The van der Waals surface area contributed by atoms with E-state index in [1.165, 1.54) is 0 Å². The molecule has 2 aromatic rings. The third kappa shape index (κ3) is 2.74. The summed E-state index contributed by atoms with van der Waals surface area (Å²) in [7, 11) is 1.77. The molecule has 2 atom stereocenters. The van der Waals surface area contributed by atoms with Crippen molar-refractivity contribution in [1.82, 2.24) is 4.98 Å². The Hall–Kier alpha value is -1.65. The molecule has 4 nitrogen and oxygen atoms in total. The lowest BCUT2D eigenvalue weighted by molar-refractivity contribution is 0.0495. The summed E-state index contributed by atoms with van der Waals surface area (Å²) in [6, 6.07) is 10.1. The van der Waals surface area contributed by atoms with Crippen LogP contribution in [0.3, 0.4) is 0 Å². The van der Waals surface area contributed by atoms with Crippen LogP contribution in [0.1, 0.15) is 18.9 Å². The number of methoxy groups -OCH3 is 1. The fourth-order valence-electron chi connectivity index (χ4n) is 3.07. The zero-order valence-corrected chi connectivity index (χ0v) is 12.6. The van der Waals surface area contributed by atoms with Crippen molar-refractivity contribution in [2.24, 2.45) is 5.92 Å². The quantitative estimate of drug-likeness (QED) is 0.942. The van der Waals surface area contributed by atoms with Crippen LogP contribution >= 0.6 is 0 Å². The van der Waals surface area contributed by atoms with Crippen molar-refractivity contribution in [2.45, 2.75) is 26.1 Å². The maximum absolute atomic E-state index is 9.69. The van der Waals surface area contributed by atoms with Crippen molar-refractivity contribution in [3.8, 4) is 0 Å². The highest BCUT2D eigenvalue weighted by Crippen LogP contribution is 2.28. The SMILES string of the molecule is COC1CN(c2nc3ccccc3cc2CO)CCC1C. The molecule has 0 amide bonds. The molecule has 3 rings (SSSR count). The van der Waals surface area contributed by atoms with E-state index in [2.05, 4.69) is 11.8 Å². The van der Waals surface area contributed by atoms with Gasteiger partial charge in [-0.2, -0.15) is 0 Å². The summed E-state index contributed by atoms with van der Waals surface area (Å²) in [4.78, 5) is 7.02. The van der Waals surface area contributed by atoms with Crippen molar-refractivity contribution in [2.75, 3.05) is 25.1 Å². The van der Waals surface area contributed by atoms with E-state index < -0.39 is 0 Å². The Morgan fingerprint density at radius 3 is 2.95 bits per heavy atom. The van der Waals surface area contributed by atoms with Crippen LogP contribution in [-0.2, 0) is 11.3 Å². The summed E-state index contributed by atoms with van der Waals surface area (Å²) in [5.41, 5.74) is 1.86. The van der Waals surface area contributed by atoms with Gasteiger partial charge in [0.2, 0.25) is 0 Å². The molecule has 112 valence electrons. The van der Waals surface area contributed by atoms with Gasteiger partial charge in [-0.3, -0.25) is 0 Å². The van der Waals surface area contributed by atoms with Crippen LogP contribution in [0.25, 0.3) is 10.9 Å². The van der Waals surface area contributed by atoms with Crippen LogP contribution in [0, 0.1) is 5.92 Å². The molecule has 2 heterocycles. The number of benzene rings is 1. The van der Waals surface area contributed by atoms with Crippen LogP contribution in [0.2, 0.25) is 0 Å². The van der Waals surface area contributed by atoms with E-state index in [9.17, 15) is 5.11 Å². The van der Waals surface area contributed by atoms with E-state index in [1.54, 1.807) is 7.11 Å². The van der Waals surface area contributed by atoms with E-state index in [0.29, 0.717) is 5.92 Å². The topological polar surface area (TPSA) is 45.6 Å². The lowest BCUT2D eigenvalue weighted by Crippen LogP contribution is -2.44. The van der Waals surface area contributed by atoms with Gasteiger partial charge in [0.05, 0.1) is 18.2 Å². The average Bonchev–Trinajstić information content (AvgIpc) is 2.54. The van der Waals surface area contributed by atoms with Gasteiger partial charge in [0.1, 0.15) is 5.82 Å². The lowest BCUT2D eigenvalue weighted by Gasteiger charge is -2.37. The minimum absolute atomic E-state index is 0.0108. The van der Waals surface area contributed by atoms with Crippen molar-refractivity contribution >= 4 is 16.7 Å². The monoisotopic (exact) mass is 286 g/mol. The lowest BCUT2D eigenvalue weighted by atomic mass is 9.95. The molecule has 0 radical (unpaired) electrons. The van der Waals surface area contributed by atoms with Gasteiger partial charge in [-0.25, -0.2) is 4.98 Å². The summed E-state index contributed by atoms with van der Waals surface area (Å²) in [6.07, 6.45) is 1.30. The van der Waals surface area contributed by atoms with Crippen molar-refractivity contribution in [3.63, 3.8) is 0 Å². The number of aliphatic hydroxyl groups excluding tert-OH is 1. The number of fused-ring (bicyclic) bond motifs is 1. The maximum Gasteiger partial charge on any atom is 0.134 e. The van der Waals surface area contributed by atoms with Gasteiger partial charge in [0.25, 0.3) is 0 Å². The molecular formula is C17H22N2O2. The van der Waals surface area contributed by atoms with E-state index in [-0.39, 0.29) is 12.7 Å². The van der Waals surface area contributed by atoms with Crippen LogP contribution in [0.4, 0.5) is 5.82 Å². The molecule has 0 saturated carbocycles. The second kappa shape index (κ2) is 6.00. The largest absolute Gasteiger partial charge is 0.392 e. The highest BCUT2D eigenvalue weighted by molar-refractivity contribution is 5.81. The molecule has 4 heteroatoms. The molecular weight excluding hydrogens is 264 g/mol. The number of ether oxygens (including phenoxy) is 1. The standard InChI is InChI=1S/C17H22N2O2/c1-12-7-8-19(10-16(12)21-2)17-14(11-20)9-13-5-3-4-6-15(13)18-17/h3-6,9,12,16,20H,7-8,10-11H2,1-2H3. The van der Waals surface area contributed by atoms with E-state index in [1.807, 2.05) is 30.3 Å². The first-order valence-corrected chi connectivity index (χ1v) is 7.50. The molecule has 2 unspecified atom stereocenters. The Labute approximate surface area is 125 Å². The zero-order chi connectivity index (χ0) is 14.8. The molecule has 1 saturated heterocycles. The van der Waals surface area contributed by atoms with Crippen molar-refractivity contribution < 1.29 is 9.84 Å². The van der Waals surface area contributed by atoms with Gasteiger partial charge in [0.15, 0.2) is 0 Å². The predicted octanol–water partition coefficient (Wildman–Crippen LogP) is 2.59. The van der Waals surface area contributed by atoms with Crippen LogP contribution in [0.15, 0.2) is 30.3 Å². The van der Waals surface area contributed by atoms with Crippen LogP contribution < -0.4 is 4.90 Å². The van der Waals surface area contributed by atoms with Crippen molar-refractivity contribution in [1.29, 1.82) is 0 Å². The molecule has 1 N–H and O–H groups in total. The number of aromatic nitrogens is 1. The third-order valence-electron chi connectivity index (χ3n) is 4.44. The van der Waals surface area contributed by atoms with Crippen LogP contribution in [-0.4, -0.2) is 36.4 Å². The van der Waals surface area contributed by atoms with Gasteiger partial charge in [-0.05, 0) is 24.5 Å². The third-order valence-corrected chi connectivity index (χ3v) is 4.44. The smallest absolute Gasteiger partial charge is 0.134 e. The number of pyridine rings is 1. The van der Waals surface area contributed by atoms with Gasteiger partial charge < -0.3 is 14.7 Å². The molecule has 1 fully saturated rings. The summed E-state index contributed by atoms with van der Waals surface area (Å²) in [5.74, 6) is 1.45. The molecule has 1 aliphatic rings. The van der Waals surface area contributed by atoms with E-state index in [4.69, 9.17) is 9.72 Å². The number of anilines is 1. The average molecular weight is 286 g/mol. The van der Waals surface area contributed by atoms with Gasteiger partial charge in [0, 0.05) is 31.1 Å². The summed E-state index contributed by atoms with van der Waals surface area (Å²) < 4.78 is 5.58. The molecule has 21 heavy (non-hydrogen) atoms. The van der Waals surface area contributed by atoms with Gasteiger partial charge in [-0.15, -0.1) is 0 Å². The normalized spacial score (nSPS) is 22.7. The van der Waals surface area contributed by atoms with Crippen molar-refractivity contribution in [3.05, 3.63) is 35.9 Å². The zero-order valence-electron chi connectivity index (χ0n) is 12.6. The number of hydrogen-bond donors (Lipinski definition) is 1. The fraction of sp³-hybridized carbons (Fsp3) is 0.471. The minimum atomic E-state index is 0.0108. The Kier molecular flexibility index (Phi) is 4.08. The first-order chi connectivity index (χ1) is 10.2.